The average molecular weight is 347 g/mol. The fourth-order valence-electron chi connectivity index (χ4n) is 2.57. The van der Waals surface area contributed by atoms with Gasteiger partial charge >= 0.3 is 0 Å². The first-order chi connectivity index (χ1) is 11.8. The highest BCUT2D eigenvalue weighted by Crippen LogP contribution is 2.17. The Hall–Kier alpha value is -1.84. The lowest BCUT2D eigenvalue weighted by molar-refractivity contribution is -0.122. The molecule has 0 fully saturated rings. The maximum atomic E-state index is 12.0. The van der Waals surface area contributed by atoms with Crippen LogP contribution in [0, 0.1) is 5.41 Å². The minimum absolute atomic E-state index is 0.00269. The Morgan fingerprint density at radius 1 is 0.880 bits per heavy atom. The summed E-state index contributed by atoms with van der Waals surface area (Å²) in [7, 11) is 0. The van der Waals surface area contributed by atoms with Crippen molar-refractivity contribution in [2.45, 2.75) is 66.2 Å². The van der Waals surface area contributed by atoms with E-state index in [4.69, 9.17) is 0 Å². The van der Waals surface area contributed by atoms with Crippen LogP contribution in [0.25, 0.3) is 0 Å². The largest absolute Gasteiger partial charge is 0.356 e. The third-order valence-electron chi connectivity index (χ3n) is 4.03. The second-order valence-corrected chi connectivity index (χ2v) is 7.81. The van der Waals surface area contributed by atoms with E-state index in [2.05, 4.69) is 38.3 Å². The number of benzene rings is 1. The molecular formula is C21H34N2O2. The van der Waals surface area contributed by atoms with Gasteiger partial charge in [0.1, 0.15) is 0 Å². The molecule has 0 aliphatic carbocycles. The van der Waals surface area contributed by atoms with E-state index >= 15 is 0 Å². The van der Waals surface area contributed by atoms with Crippen LogP contribution >= 0.6 is 0 Å². The molecule has 0 saturated heterocycles. The van der Waals surface area contributed by atoms with Crippen LogP contribution in [0.4, 0.5) is 0 Å². The maximum Gasteiger partial charge on any atom is 0.251 e. The van der Waals surface area contributed by atoms with E-state index < -0.39 is 0 Å². The van der Waals surface area contributed by atoms with Gasteiger partial charge in [-0.15, -0.1) is 0 Å². The zero-order valence-corrected chi connectivity index (χ0v) is 16.3. The van der Waals surface area contributed by atoms with E-state index in [0.29, 0.717) is 13.0 Å². The number of nitrogens with one attached hydrogen (secondary N) is 2. The van der Waals surface area contributed by atoms with Crippen LogP contribution in [-0.2, 0) is 11.2 Å². The van der Waals surface area contributed by atoms with Gasteiger partial charge in [-0.1, -0.05) is 52.7 Å². The van der Waals surface area contributed by atoms with Crippen LogP contribution in [-0.4, -0.2) is 24.9 Å². The number of hydrogen-bond acceptors (Lipinski definition) is 2. The number of amides is 2. The van der Waals surface area contributed by atoms with Crippen LogP contribution in [0.15, 0.2) is 24.3 Å². The van der Waals surface area contributed by atoms with E-state index in [1.165, 1.54) is 5.56 Å². The predicted octanol–water partition coefficient (Wildman–Crippen LogP) is 4.09. The van der Waals surface area contributed by atoms with E-state index in [9.17, 15) is 9.59 Å². The van der Waals surface area contributed by atoms with Crippen molar-refractivity contribution in [3.05, 3.63) is 35.4 Å². The van der Waals surface area contributed by atoms with Gasteiger partial charge in [-0.3, -0.25) is 9.59 Å². The lowest BCUT2D eigenvalue weighted by Crippen LogP contribution is -2.28. The van der Waals surface area contributed by atoms with Gasteiger partial charge in [-0.05, 0) is 42.4 Å². The van der Waals surface area contributed by atoms with Crippen LogP contribution in [0.1, 0.15) is 75.7 Å². The highest BCUT2D eigenvalue weighted by molar-refractivity contribution is 5.94. The van der Waals surface area contributed by atoms with Gasteiger partial charge < -0.3 is 10.6 Å². The summed E-state index contributed by atoms with van der Waals surface area (Å²) >= 11 is 0. The quantitative estimate of drug-likeness (QED) is 0.627. The lowest BCUT2D eigenvalue weighted by atomic mass is 9.92. The van der Waals surface area contributed by atoms with E-state index in [1.807, 2.05) is 24.3 Å². The van der Waals surface area contributed by atoms with Gasteiger partial charge in [0, 0.05) is 25.1 Å². The molecule has 0 aliphatic rings. The maximum absolute atomic E-state index is 12.0. The van der Waals surface area contributed by atoms with Crippen molar-refractivity contribution < 1.29 is 9.59 Å². The lowest BCUT2D eigenvalue weighted by Gasteiger charge is -2.17. The summed E-state index contributed by atoms with van der Waals surface area (Å²) in [6.07, 6.45) is 5.63. The molecule has 0 aromatic heterocycles. The number of aryl methyl sites for hydroxylation is 1. The number of carbonyl (C=O) groups is 2. The first-order valence-electron chi connectivity index (χ1n) is 9.45. The summed E-state index contributed by atoms with van der Waals surface area (Å²) in [5, 5.41) is 5.93. The molecule has 0 unspecified atom stereocenters. The molecular weight excluding hydrogens is 312 g/mol. The second-order valence-electron chi connectivity index (χ2n) is 7.81. The molecule has 0 radical (unpaired) electrons. The molecule has 2 amide bonds. The Labute approximate surface area is 152 Å². The number of carbonyl (C=O) groups excluding carboxylic acids is 2. The molecule has 1 aromatic carbocycles. The van der Waals surface area contributed by atoms with Crippen molar-refractivity contribution in [2.24, 2.45) is 5.41 Å². The molecule has 0 aliphatic heterocycles. The summed E-state index contributed by atoms with van der Waals surface area (Å²) in [5.41, 5.74) is 2.00. The number of rotatable bonds is 10. The smallest absolute Gasteiger partial charge is 0.251 e. The van der Waals surface area contributed by atoms with Gasteiger partial charge in [-0.25, -0.2) is 0 Å². The molecule has 0 spiro atoms. The van der Waals surface area contributed by atoms with Crippen LogP contribution in [0.2, 0.25) is 0 Å². The summed E-state index contributed by atoms with van der Waals surface area (Å²) in [6, 6.07) is 7.77. The molecule has 4 heteroatoms. The normalized spacial score (nSPS) is 11.2. The Balaban J connectivity index is 2.04. The molecule has 140 valence electrons. The second kappa shape index (κ2) is 10.9. The van der Waals surface area contributed by atoms with Crippen LogP contribution < -0.4 is 10.6 Å². The van der Waals surface area contributed by atoms with Crippen molar-refractivity contribution >= 4 is 11.8 Å². The summed E-state index contributed by atoms with van der Waals surface area (Å²) in [4.78, 5) is 23.7. The molecule has 1 rings (SSSR count). The highest BCUT2D eigenvalue weighted by Gasteiger charge is 2.15. The molecule has 4 nitrogen and oxygen atoms in total. The van der Waals surface area contributed by atoms with Crippen molar-refractivity contribution in [3.8, 4) is 0 Å². The molecule has 2 N–H and O–H groups in total. The summed E-state index contributed by atoms with van der Waals surface area (Å²) in [6.45, 7) is 9.75. The number of hydrogen-bond donors (Lipinski definition) is 2. The molecule has 0 atom stereocenters. The number of unbranched alkanes of at least 4 members (excludes halogenated alkanes) is 3. The van der Waals surface area contributed by atoms with Gasteiger partial charge in [-0.2, -0.15) is 0 Å². The molecule has 25 heavy (non-hydrogen) atoms. The van der Waals surface area contributed by atoms with Crippen molar-refractivity contribution in [3.63, 3.8) is 0 Å². The fraction of sp³-hybridized carbons (Fsp3) is 0.619. The Morgan fingerprint density at radius 2 is 1.44 bits per heavy atom. The van der Waals surface area contributed by atoms with Crippen molar-refractivity contribution in [1.29, 1.82) is 0 Å². The first kappa shape index (κ1) is 21.2. The molecule has 0 heterocycles. The zero-order valence-electron chi connectivity index (χ0n) is 16.3. The Morgan fingerprint density at radius 3 is 1.96 bits per heavy atom. The van der Waals surface area contributed by atoms with Gasteiger partial charge in [0.25, 0.3) is 5.91 Å². The summed E-state index contributed by atoms with van der Waals surface area (Å²) in [5.74, 6) is 0.131. The van der Waals surface area contributed by atoms with Crippen molar-refractivity contribution in [2.75, 3.05) is 13.1 Å². The van der Waals surface area contributed by atoms with Gasteiger partial charge in [0.2, 0.25) is 5.91 Å². The van der Waals surface area contributed by atoms with E-state index in [1.54, 1.807) is 0 Å². The monoisotopic (exact) mass is 346 g/mol. The first-order valence-corrected chi connectivity index (χ1v) is 9.45. The van der Waals surface area contributed by atoms with Crippen molar-refractivity contribution in [1.82, 2.24) is 10.6 Å². The zero-order chi connectivity index (χ0) is 18.7. The van der Waals surface area contributed by atoms with Gasteiger partial charge in [0.05, 0.1) is 0 Å². The van der Waals surface area contributed by atoms with Crippen LogP contribution in [0.3, 0.4) is 0 Å². The standard InChI is InChI=1S/C21H34N2O2/c1-5-17-10-12-18(13-11-17)20(25)23-15-9-7-6-8-14-22-19(24)16-21(2,3)4/h10-13H,5-9,14-16H2,1-4H3,(H,22,24)(H,23,25). The van der Waals surface area contributed by atoms with E-state index in [-0.39, 0.29) is 17.2 Å². The Bertz CT molecular complexity index is 530. The highest BCUT2D eigenvalue weighted by atomic mass is 16.2. The average Bonchev–Trinajstić information content (AvgIpc) is 2.55. The third kappa shape index (κ3) is 9.90. The Kier molecular flexibility index (Phi) is 9.25. The summed E-state index contributed by atoms with van der Waals surface area (Å²) < 4.78 is 0. The SMILES string of the molecule is CCc1ccc(C(=O)NCCCCCCNC(=O)CC(C)(C)C)cc1. The third-order valence-corrected chi connectivity index (χ3v) is 4.03. The minimum Gasteiger partial charge on any atom is -0.356 e. The fourth-order valence-corrected chi connectivity index (χ4v) is 2.57. The van der Waals surface area contributed by atoms with E-state index in [0.717, 1.165) is 44.2 Å². The van der Waals surface area contributed by atoms with Crippen LogP contribution in [0.5, 0.6) is 0 Å². The predicted molar refractivity (Wildman–Crippen MR) is 104 cm³/mol. The molecule has 0 bridgehead atoms. The minimum atomic E-state index is -0.00269. The molecule has 1 aromatic rings. The molecule has 0 saturated carbocycles. The van der Waals surface area contributed by atoms with Gasteiger partial charge in [0.15, 0.2) is 0 Å². The topological polar surface area (TPSA) is 58.2 Å².